The van der Waals surface area contributed by atoms with E-state index in [9.17, 15) is 9.59 Å². The molecule has 5 heteroatoms. The summed E-state index contributed by atoms with van der Waals surface area (Å²) in [5, 5.41) is 3.04. The van der Waals surface area contributed by atoms with Crippen LogP contribution in [-0.2, 0) is 9.59 Å². The number of carbonyl (C=O) groups is 2. The first-order chi connectivity index (χ1) is 13.9. The molecule has 5 nitrogen and oxygen atoms in total. The van der Waals surface area contributed by atoms with Gasteiger partial charge in [0, 0.05) is 38.3 Å². The smallest absolute Gasteiger partial charge is 0.238 e. The van der Waals surface area contributed by atoms with Crippen LogP contribution in [0.15, 0.2) is 48.5 Å². The molecule has 0 aromatic heterocycles. The summed E-state index contributed by atoms with van der Waals surface area (Å²) in [6.07, 6.45) is 0.525. The normalized spacial score (nSPS) is 15.8. The molecule has 1 N–H and O–H groups in total. The van der Waals surface area contributed by atoms with Crippen molar-refractivity contribution in [2.45, 2.75) is 33.1 Å². The molecule has 0 spiro atoms. The maximum atomic E-state index is 12.7. The summed E-state index contributed by atoms with van der Waals surface area (Å²) in [5.41, 5.74) is 4.24. The zero-order chi connectivity index (χ0) is 20.8. The number of rotatable bonds is 6. The lowest BCUT2D eigenvalue weighted by Crippen LogP contribution is -2.50. The molecule has 3 rings (SSSR count). The molecule has 2 aromatic carbocycles. The number of hydrogen-bond donors (Lipinski definition) is 1. The summed E-state index contributed by atoms with van der Waals surface area (Å²) in [7, 11) is 0. The van der Waals surface area contributed by atoms with Crippen molar-refractivity contribution in [3.8, 4) is 0 Å². The van der Waals surface area contributed by atoms with Crippen molar-refractivity contribution in [3.05, 3.63) is 65.2 Å². The SMILES string of the molecule is Cc1cccc(C)c1NC(=O)CN1CCN(C(=O)C[C@H](C)c2ccccc2)CC1. The zero-order valence-corrected chi connectivity index (χ0v) is 17.6. The highest BCUT2D eigenvalue weighted by atomic mass is 16.2. The van der Waals surface area contributed by atoms with Crippen molar-refractivity contribution in [1.29, 1.82) is 0 Å². The number of aryl methyl sites for hydroxylation is 2. The molecule has 0 saturated carbocycles. The summed E-state index contributed by atoms with van der Waals surface area (Å²) in [6.45, 7) is 9.27. The van der Waals surface area contributed by atoms with Gasteiger partial charge < -0.3 is 10.2 Å². The van der Waals surface area contributed by atoms with Gasteiger partial charge in [-0.2, -0.15) is 0 Å². The van der Waals surface area contributed by atoms with Gasteiger partial charge in [0.2, 0.25) is 11.8 Å². The molecule has 2 amide bonds. The molecule has 0 aliphatic carbocycles. The maximum absolute atomic E-state index is 12.7. The summed E-state index contributed by atoms with van der Waals surface area (Å²) >= 11 is 0. The number of para-hydroxylation sites is 1. The van der Waals surface area contributed by atoms with Crippen LogP contribution in [0.2, 0.25) is 0 Å². The van der Waals surface area contributed by atoms with Crippen molar-refractivity contribution in [3.63, 3.8) is 0 Å². The van der Waals surface area contributed by atoms with Crippen LogP contribution in [-0.4, -0.2) is 54.3 Å². The third-order valence-corrected chi connectivity index (χ3v) is 5.69. The molecule has 1 aliphatic heterocycles. The molecule has 154 valence electrons. The quantitative estimate of drug-likeness (QED) is 0.816. The van der Waals surface area contributed by atoms with E-state index in [4.69, 9.17) is 0 Å². The highest BCUT2D eigenvalue weighted by Gasteiger charge is 2.24. The summed E-state index contributed by atoms with van der Waals surface area (Å²) in [5.74, 6) is 0.408. The Kier molecular flexibility index (Phi) is 7.04. The average Bonchev–Trinajstić information content (AvgIpc) is 2.72. The van der Waals surface area contributed by atoms with Gasteiger partial charge in [-0.05, 0) is 36.5 Å². The van der Waals surface area contributed by atoms with Gasteiger partial charge in [0.1, 0.15) is 0 Å². The molecular formula is C24H31N3O2. The monoisotopic (exact) mass is 393 g/mol. The van der Waals surface area contributed by atoms with Crippen LogP contribution in [0.5, 0.6) is 0 Å². The van der Waals surface area contributed by atoms with E-state index in [-0.39, 0.29) is 17.7 Å². The molecule has 0 unspecified atom stereocenters. The minimum absolute atomic E-state index is 0.000114. The Labute approximate surface area is 173 Å². The third kappa shape index (κ3) is 5.67. The van der Waals surface area contributed by atoms with Crippen LogP contribution in [0.25, 0.3) is 0 Å². The number of nitrogens with zero attached hydrogens (tertiary/aromatic N) is 2. The van der Waals surface area contributed by atoms with E-state index in [1.165, 1.54) is 5.56 Å². The second kappa shape index (κ2) is 9.70. The highest BCUT2D eigenvalue weighted by molar-refractivity contribution is 5.93. The Morgan fingerprint density at radius 3 is 2.17 bits per heavy atom. The molecule has 0 radical (unpaired) electrons. The van der Waals surface area contributed by atoms with Crippen LogP contribution in [0.4, 0.5) is 5.69 Å². The zero-order valence-electron chi connectivity index (χ0n) is 17.6. The van der Waals surface area contributed by atoms with Gasteiger partial charge in [-0.15, -0.1) is 0 Å². The van der Waals surface area contributed by atoms with Crippen LogP contribution in [0, 0.1) is 13.8 Å². The maximum Gasteiger partial charge on any atom is 0.238 e. The Hall–Kier alpha value is -2.66. The number of hydrogen-bond acceptors (Lipinski definition) is 3. The average molecular weight is 394 g/mol. The molecule has 1 atom stereocenters. The van der Waals surface area contributed by atoms with Crippen molar-refractivity contribution < 1.29 is 9.59 Å². The number of benzene rings is 2. The predicted octanol–water partition coefficient (Wildman–Crippen LogP) is 3.58. The van der Waals surface area contributed by atoms with Gasteiger partial charge in [-0.25, -0.2) is 0 Å². The van der Waals surface area contributed by atoms with Crippen molar-refractivity contribution in [2.75, 3.05) is 38.0 Å². The standard InChI is InChI=1S/C24H31N3O2/c1-18-8-7-9-19(2)24(18)25-22(28)17-26-12-14-27(15-13-26)23(29)16-20(3)21-10-5-4-6-11-21/h4-11,20H,12-17H2,1-3H3,(H,25,28)/t20-/m0/s1. The van der Waals surface area contributed by atoms with Gasteiger partial charge in [-0.1, -0.05) is 55.5 Å². The van der Waals surface area contributed by atoms with E-state index >= 15 is 0 Å². The van der Waals surface area contributed by atoms with E-state index in [0.29, 0.717) is 26.1 Å². The molecular weight excluding hydrogens is 362 g/mol. The Balaban J connectivity index is 1.45. The molecule has 1 fully saturated rings. The number of carbonyl (C=O) groups excluding carboxylic acids is 2. The lowest BCUT2D eigenvalue weighted by molar-refractivity contribution is -0.133. The van der Waals surface area contributed by atoms with Crippen molar-refractivity contribution in [2.24, 2.45) is 0 Å². The van der Waals surface area contributed by atoms with Crippen LogP contribution >= 0.6 is 0 Å². The summed E-state index contributed by atoms with van der Waals surface area (Å²) in [4.78, 5) is 29.2. The fourth-order valence-corrected chi connectivity index (χ4v) is 3.84. The summed E-state index contributed by atoms with van der Waals surface area (Å²) < 4.78 is 0. The molecule has 1 aliphatic rings. The van der Waals surface area contributed by atoms with E-state index in [2.05, 4.69) is 29.3 Å². The number of nitrogens with one attached hydrogen (secondary N) is 1. The first-order valence-electron chi connectivity index (χ1n) is 10.3. The Morgan fingerprint density at radius 1 is 0.931 bits per heavy atom. The predicted molar refractivity (Wildman–Crippen MR) is 117 cm³/mol. The largest absolute Gasteiger partial charge is 0.340 e. The van der Waals surface area contributed by atoms with Crippen molar-refractivity contribution in [1.82, 2.24) is 9.80 Å². The van der Waals surface area contributed by atoms with Crippen LogP contribution < -0.4 is 5.32 Å². The fourth-order valence-electron chi connectivity index (χ4n) is 3.84. The van der Waals surface area contributed by atoms with E-state index in [1.807, 2.05) is 55.1 Å². The van der Waals surface area contributed by atoms with E-state index in [0.717, 1.165) is 29.9 Å². The second-order valence-corrected chi connectivity index (χ2v) is 7.99. The van der Waals surface area contributed by atoms with Gasteiger partial charge in [-0.3, -0.25) is 14.5 Å². The first kappa shape index (κ1) is 21.1. The highest BCUT2D eigenvalue weighted by Crippen LogP contribution is 2.21. The Bertz CT molecular complexity index is 822. The van der Waals surface area contributed by atoms with Gasteiger partial charge in [0.05, 0.1) is 6.54 Å². The lowest BCUT2D eigenvalue weighted by Gasteiger charge is -2.35. The molecule has 29 heavy (non-hydrogen) atoms. The second-order valence-electron chi connectivity index (χ2n) is 7.99. The number of anilines is 1. The minimum atomic E-state index is -0.000114. The third-order valence-electron chi connectivity index (χ3n) is 5.69. The van der Waals surface area contributed by atoms with Gasteiger partial charge >= 0.3 is 0 Å². The van der Waals surface area contributed by atoms with Gasteiger partial charge in [0.25, 0.3) is 0 Å². The fraction of sp³-hybridized carbons (Fsp3) is 0.417. The molecule has 1 saturated heterocycles. The topological polar surface area (TPSA) is 52.7 Å². The lowest BCUT2D eigenvalue weighted by atomic mass is 9.97. The van der Waals surface area contributed by atoms with E-state index < -0.39 is 0 Å². The molecule has 1 heterocycles. The first-order valence-corrected chi connectivity index (χ1v) is 10.3. The van der Waals surface area contributed by atoms with Crippen molar-refractivity contribution >= 4 is 17.5 Å². The molecule has 2 aromatic rings. The number of piperazine rings is 1. The van der Waals surface area contributed by atoms with E-state index in [1.54, 1.807) is 0 Å². The number of amides is 2. The van der Waals surface area contributed by atoms with Gasteiger partial charge in [0.15, 0.2) is 0 Å². The van der Waals surface area contributed by atoms with Crippen LogP contribution in [0.1, 0.15) is 36.0 Å². The summed E-state index contributed by atoms with van der Waals surface area (Å²) in [6, 6.07) is 16.2. The molecule has 0 bridgehead atoms. The Morgan fingerprint density at radius 2 is 1.55 bits per heavy atom. The minimum Gasteiger partial charge on any atom is -0.340 e. The van der Waals surface area contributed by atoms with Crippen LogP contribution in [0.3, 0.4) is 0 Å².